The number of amides is 1. The number of carbonyl (C=O) groups excluding carboxylic acids is 2. The van der Waals surface area contributed by atoms with E-state index >= 15 is 0 Å². The molecule has 1 amide bonds. The van der Waals surface area contributed by atoms with E-state index in [1.54, 1.807) is 49.2 Å². The Morgan fingerprint density at radius 3 is 2.83 bits per heavy atom. The topological polar surface area (TPSA) is 55.4 Å². The third-order valence-corrected chi connectivity index (χ3v) is 4.63. The maximum absolute atomic E-state index is 12.3. The van der Waals surface area contributed by atoms with Crippen molar-refractivity contribution in [3.05, 3.63) is 59.2 Å². The lowest BCUT2D eigenvalue weighted by atomic mass is 10.0. The van der Waals surface area contributed by atoms with Crippen molar-refractivity contribution in [3.63, 3.8) is 0 Å². The van der Waals surface area contributed by atoms with Crippen LogP contribution in [0.15, 0.2) is 47.4 Å². The summed E-state index contributed by atoms with van der Waals surface area (Å²) in [4.78, 5) is 24.8. The standard InChI is InChI=1S/C19H17NO3S/c1-23-17-9-12(4-8-18(17)24-2)3-7-16(21)13-5-6-15-14(10-13)11-19(22)20-15/h3-10H,11H2,1-2H3,(H,20,22)/b7-3-. The number of methoxy groups -OCH3 is 1. The van der Waals surface area contributed by atoms with Crippen LogP contribution in [0, 0.1) is 0 Å². The second-order valence-electron chi connectivity index (χ2n) is 5.41. The van der Waals surface area contributed by atoms with Gasteiger partial charge in [0.2, 0.25) is 5.91 Å². The molecule has 0 aliphatic carbocycles. The van der Waals surface area contributed by atoms with Gasteiger partial charge in [0, 0.05) is 16.1 Å². The highest BCUT2D eigenvalue weighted by molar-refractivity contribution is 7.98. The van der Waals surface area contributed by atoms with Crippen LogP contribution in [0.2, 0.25) is 0 Å². The van der Waals surface area contributed by atoms with Gasteiger partial charge in [0.1, 0.15) is 5.75 Å². The largest absolute Gasteiger partial charge is 0.496 e. The minimum Gasteiger partial charge on any atom is -0.496 e. The fourth-order valence-corrected chi connectivity index (χ4v) is 3.15. The van der Waals surface area contributed by atoms with E-state index in [4.69, 9.17) is 4.74 Å². The van der Waals surface area contributed by atoms with Gasteiger partial charge in [-0.25, -0.2) is 0 Å². The molecule has 1 aliphatic heterocycles. The van der Waals surface area contributed by atoms with Crippen molar-refractivity contribution >= 4 is 35.2 Å². The van der Waals surface area contributed by atoms with E-state index in [-0.39, 0.29) is 11.7 Å². The van der Waals surface area contributed by atoms with Crippen LogP contribution in [-0.4, -0.2) is 25.1 Å². The van der Waals surface area contributed by atoms with Gasteiger partial charge in [-0.1, -0.05) is 12.1 Å². The molecule has 5 heteroatoms. The molecule has 0 atom stereocenters. The quantitative estimate of drug-likeness (QED) is 0.511. The van der Waals surface area contributed by atoms with Crippen LogP contribution in [0.5, 0.6) is 5.75 Å². The highest BCUT2D eigenvalue weighted by Crippen LogP contribution is 2.29. The maximum atomic E-state index is 12.3. The van der Waals surface area contributed by atoms with Gasteiger partial charge >= 0.3 is 0 Å². The van der Waals surface area contributed by atoms with Gasteiger partial charge in [-0.2, -0.15) is 0 Å². The number of fused-ring (bicyclic) bond motifs is 1. The predicted molar refractivity (Wildman–Crippen MR) is 96.9 cm³/mol. The summed E-state index contributed by atoms with van der Waals surface area (Å²) in [5, 5.41) is 2.76. The number of thioether (sulfide) groups is 1. The van der Waals surface area contributed by atoms with Crippen molar-refractivity contribution in [2.45, 2.75) is 11.3 Å². The Labute approximate surface area is 144 Å². The summed E-state index contributed by atoms with van der Waals surface area (Å²) < 4.78 is 5.35. The number of ether oxygens (including phenoxy) is 1. The number of benzene rings is 2. The van der Waals surface area contributed by atoms with E-state index in [1.165, 1.54) is 0 Å². The molecule has 24 heavy (non-hydrogen) atoms. The molecule has 122 valence electrons. The number of allylic oxidation sites excluding steroid dienone is 1. The van der Waals surface area contributed by atoms with E-state index in [0.717, 1.165) is 27.5 Å². The molecule has 2 aromatic rings. The number of carbonyl (C=O) groups is 2. The average molecular weight is 339 g/mol. The molecule has 1 heterocycles. The molecular weight excluding hydrogens is 322 g/mol. The van der Waals surface area contributed by atoms with Crippen LogP contribution < -0.4 is 10.1 Å². The minimum absolute atomic E-state index is 0.0360. The van der Waals surface area contributed by atoms with E-state index in [1.807, 2.05) is 24.5 Å². The van der Waals surface area contributed by atoms with Crippen LogP contribution in [0.25, 0.3) is 6.08 Å². The molecule has 0 unspecified atom stereocenters. The molecule has 1 aliphatic rings. The normalized spacial score (nSPS) is 13.0. The smallest absolute Gasteiger partial charge is 0.228 e. The molecule has 0 saturated heterocycles. The molecule has 0 spiro atoms. The summed E-state index contributed by atoms with van der Waals surface area (Å²) >= 11 is 1.61. The summed E-state index contributed by atoms with van der Waals surface area (Å²) in [6, 6.07) is 11.1. The molecule has 2 aromatic carbocycles. The first kappa shape index (κ1) is 16.3. The number of anilines is 1. The molecule has 1 N–H and O–H groups in total. The van der Waals surface area contributed by atoms with Crippen molar-refractivity contribution < 1.29 is 14.3 Å². The van der Waals surface area contributed by atoms with Crippen LogP contribution >= 0.6 is 11.8 Å². The van der Waals surface area contributed by atoms with E-state index in [9.17, 15) is 9.59 Å². The van der Waals surface area contributed by atoms with Gasteiger partial charge in [0.05, 0.1) is 13.5 Å². The van der Waals surface area contributed by atoms with Gasteiger partial charge in [-0.15, -0.1) is 11.8 Å². The lowest BCUT2D eigenvalue weighted by Gasteiger charge is -2.06. The van der Waals surface area contributed by atoms with Crippen molar-refractivity contribution in [2.75, 3.05) is 18.7 Å². The summed E-state index contributed by atoms with van der Waals surface area (Å²) in [7, 11) is 1.63. The van der Waals surface area contributed by atoms with Crippen LogP contribution in [-0.2, 0) is 11.2 Å². The Morgan fingerprint density at radius 1 is 1.25 bits per heavy atom. The van der Waals surface area contributed by atoms with Crippen LogP contribution in [0.4, 0.5) is 5.69 Å². The fraction of sp³-hybridized carbons (Fsp3) is 0.158. The fourth-order valence-electron chi connectivity index (χ4n) is 2.61. The van der Waals surface area contributed by atoms with Gasteiger partial charge < -0.3 is 10.1 Å². The molecule has 0 saturated carbocycles. The SMILES string of the molecule is COc1cc(/C=C\C(=O)c2ccc3c(c2)CC(=O)N3)ccc1SC. The average Bonchev–Trinajstić information content (AvgIpc) is 2.98. The zero-order valence-electron chi connectivity index (χ0n) is 13.5. The van der Waals surface area contributed by atoms with E-state index < -0.39 is 0 Å². The Hall–Kier alpha value is -2.53. The maximum Gasteiger partial charge on any atom is 0.228 e. The highest BCUT2D eigenvalue weighted by Gasteiger charge is 2.18. The monoisotopic (exact) mass is 339 g/mol. The first-order valence-corrected chi connectivity index (χ1v) is 8.70. The summed E-state index contributed by atoms with van der Waals surface area (Å²) in [6.07, 6.45) is 5.63. The first-order valence-electron chi connectivity index (χ1n) is 7.48. The van der Waals surface area contributed by atoms with Crippen molar-refractivity contribution in [1.29, 1.82) is 0 Å². The van der Waals surface area contributed by atoms with Gasteiger partial charge in [-0.05, 0) is 53.8 Å². The molecule has 0 bridgehead atoms. The number of hydrogen-bond acceptors (Lipinski definition) is 4. The number of ketones is 1. The predicted octanol–water partition coefficient (Wildman–Crippen LogP) is 3.81. The third kappa shape index (κ3) is 3.36. The number of rotatable bonds is 5. The van der Waals surface area contributed by atoms with Gasteiger partial charge in [-0.3, -0.25) is 9.59 Å². The van der Waals surface area contributed by atoms with Crippen LogP contribution in [0.1, 0.15) is 21.5 Å². The Bertz CT molecular complexity index is 843. The summed E-state index contributed by atoms with van der Waals surface area (Å²) in [5.41, 5.74) is 3.13. The lowest BCUT2D eigenvalue weighted by Crippen LogP contribution is -2.03. The summed E-state index contributed by atoms with van der Waals surface area (Å²) in [5.74, 6) is 0.662. The van der Waals surface area contributed by atoms with Gasteiger partial charge in [0.15, 0.2) is 5.78 Å². The Kier molecular flexibility index (Phi) is 4.71. The van der Waals surface area contributed by atoms with Crippen molar-refractivity contribution in [1.82, 2.24) is 0 Å². The number of hydrogen-bond donors (Lipinski definition) is 1. The molecule has 4 nitrogen and oxygen atoms in total. The lowest BCUT2D eigenvalue weighted by molar-refractivity contribution is -0.115. The molecular formula is C19H17NO3S. The summed E-state index contributed by atoms with van der Waals surface area (Å²) in [6.45, 7) is 0. The number of nitrogens with one attached hydrogen (secondary N) is 1. The zero-order valence-corrected chi connectivity index (χ0v) is 14.3. The molecule has 0 fully saturated rings. The molecule has 0 radical (unpaired) electrons. The second kappa shape index (κ2) is 6.93. The van der Waals surface area contributed by atoms with Crippen molar-refractivity contribution in [3.8, 4) is 5.75 Å². The Balaban J connectivity index is 1.79. The van der Waals surface area contributed by atoms with E-state index in [2.05, 4.69) is 5.32 Å². The van der Waals surface area contributed by atoms with Gasteiger partial charge in [0.25, 0.3) is 0 Å². The van der Waals surface area contributed by atoms with Crippen LogP contribution in [0.3, 0.4) is 0 Å². The Morgan fingerprint density at radius 2 is 2.08 bits per heavy atom. The van der Waals surface area contributed by atoms with E-state index in [0.29, 0.717) is 12.0 Å². The minimum atomic E-state index is -0.0925. The van der Waals surface area contributed by atoms with Crippen molar-refractivity contribution in [2.24, 2.45) is 0 Å². The second-order valence-corrected chi connectivity index (χ2v) is 6.26. The highest BCUT2D eigenvalue weighted by atomic mass is 32.2. The third-order valence-electron chi connectivity index (χ3n) is 3.85. The molecule has 3 rings (SSSR count). The zero-order chi connectivity index (χ0) is 17.1. The molecule has 0 aromatic heterocycles. The first-order chi connectivity index (χ1) is 11.6.